The van der Waals surface area contributed by atoms with Crippen molar-refractivity contribution in [1.82, 2.24) is 19.5 Å². The fourth-order valence-corrected chi connectivity index (χ4v) is 5.53. The maximum Gasteiger partial charge on any atom is 0.247 e. The molecule has 0 atom stereocenters. The third kappa shape index (κ3) is 5.19. The number of benzene rings is 2. The molecule has 1 saturated heterocycles. The normalized spacial score (nSPS) is 16.4. The summed E-state index contributed by atoms with van der Waals surface area (Å²) in [6.45, 7) is 1.06. The molecule has 0 radical (unpaired) electrons. The molecule has 0 spiro atoms. The molecule has 1 aliphatic heterocycles. The third-order valence-corrected chi connectivity index (χ3v) is 8.02. The molecule has 0 unspecified atom stereocenters. The number of nitrogens with zero attached hydrogens (tertiary/aromatic N) is 4. The minimum atomic E-state index is -3.27. The first kappa shape index (κ1) is 23.8. The van der Waals surface area contributed by atoms with E-state index in [4.69, 9.17) is 0 Å². The third-order valence-electron chi connectivity index (χ3n) is 5.83. The van der Waals surface area contributed by atoms with Crippen molar-refractivity contribution in [3.05, 3.63) is 72.3 Å². The molecule has 1 aliphatic rings. The standard InChI is InChI=1S/C24H25N5O4S2/c1-35(32,33)20-11-7-18(8-12-20)21-3-2-4-22-26-23(27-29(21)22)25-19-9-5-17(6-10-19)15-28-13-14-34-16-24(28,30)31/h2-12,30-31H,13-16H2,1H3,(H,25,27). The zero-order valence-electron chi connectivity index (χ0n) is 19.0. The lowest BCUT2D eigenvalue weighted by Gasteiger charge is -2.38. The Hall–Kier alpha value is -2.96. The number of fused-ring (bicyclic) bond motifs is 1. The Labute approximate surface area is 207 Å². The first-order chi connectivity index (χ1) is 16.7. The smallest absolute Gasteiger partial charge is 0.247 e. The van der Waals surface area contributed by atoms with Crippen molar-refractivity contribution in [3.8, 4) is 11.3 Å². The van der Waals surface area contributed by atoms with Crippen LogP contribution in [0.3, 0.4) is 0 Å². The number of aliphatic hydroxyl groups is 2. The van der Waals surface area contributed by atoms with Gasteiger partial charge in [0.15, 0.2) is 15.5 Å². The first-order valence-corrected chi connectivity index (χ1v) is 14.0. The Morgan fingerprint density at radius 1 is 1.06 bits per heavy atom. The Kier molecular flexibility index (Phi) is 6.28. The van der Waals surface area contributed by atoms with Crippen LogP contribution in [0.15, 0.2) is 71.6 Å². The van der Waals surface area contributed by atoms with Gasteiger partial charge in [-0.25, -0.2) is 17.8 Å². The molecule has 0 saturated carbocycles. The summed E-state index contributed by atoms with van der Waals surface area (Å²) < 4.78 is 25.2. The molecule has 3 N–H and O–H groups in total. The molecule has 5 rings (SSSR count). The zero-order chi connectivity index (χ0) is 24.6. The van der Waals surface area contributed by atoms with Crippen molar-refractivity contribution in [2.75, 3.05) is 29.6 Å². The number of nitrogens with one attached hydrogen (secondary N) is 1. The molecule has 9 nitrogen and oxygen atoms in total. The highest BCUT2D eigenvalue weighted by molar-refractivity contribution is 7.99. The van der Waals surface area contributed by atoms with Gasteiger partial charge in [0, 0.05) is 36.3 Å². The van der Waals surface area contributed by atoms with E-state index in [0.29, 0.717) is 24.7 Å². The Bertz CT molecular complexity index is 1450. The second-order valence-electron chi connectivity index (χ2n) is 8.48. The Morgan fingerprint density at radius 2 is 1.80 bits per heavy atom. The van der Waals surface area contributed by atoms with Crippen molar-refractivity contribution in [1.29, 1.82) is 0 Å². The van der Waals surface area contributed by atoms with Gasteiger partial charge in [-0.15, -0.1) is 5.10 Å². The first-order valence-electron chi connectivity index (χ1n) is 11.0. The van der Waals surface area contributed by atoms with Gasteiger partial charge in [0.1, 0.15) is 0 Å². The molecule has 0 aliphatic carbocycles. The van der Waals surface area contributed by atoms with Gasteiger partial charge in [0.25, 0.3) is 0 Å². The molecule has 0 bridgehead atoms. The van der Waals surface area contributed by atoms with Gasteiger partial charge in [-0.2, -0.15) is 16.7 Å². The lowest BCUT2D eigenvalue weighted by atomic mass is 10.1. The van der Waals surface area contributed by atoms with Crippen LogP contribution >= 0.6 is 11.8 Å². The van der Waals surface area contributed by atoms with Gasteiger partial charge in [0.2, 0.25) is 11.9 Å². The van der Waals surface area contributed by atoms with Crippen LogP contribution in [-0.2, 0) is 16.4 Å². The summed E-state index contributed by atoms with van der Waals surface area (Å²) in [5.41, 5.74) is 4.03. The van der Waals surface area contributed by atoms with Crippen LogP contribution in [0.25, 0.3) is 16.9 Å². The molecule has 4 aromatic rings. The second kappa shape index (κ2) is 9.25. The number of pyridine rings is 1. The quantitative estimate of drug-likeness (QED) is 0.336. The Balaban J connectivity index is 1.34. The fourth-order valence-electron chi connectivity index (χ4n) is 3.95. The number of thioether (sulfide) groups is 1. The highest BCUT2D eigenvalue weighted by Gasteiger charge is 2.34. The van der Waals surface area contributed by atoms with Crippen LogP contribution in [0.4, 0.5) is 11.6 Å². The molecule has 2 aromatic carbocycles. The van der Waals surface area contributed by atoms with E-state index >= 15 is 0 Å². The van der Waals surface area contributed by atoms with Crippen LogP contribution in [-0.4, -0.2) is 68.3 Å². The van der Waals surface area contributed by atoms with Crippen LogP contribution < -0.4 is 5.32 Å². The number of sulfone groups is 1. The number of anilines is 2. The maximum atomic E-state index is 11.8. The van der Waals surface area contributed by atoms with Gasteiger partial charge in [0.05, 0.1) is 16.3 Å². The number of hydrogen-bond acceptors (Lipinski definition) is 9. The lowest BCUT2D eigenvalue weighted by Crippen LogP contribution is -2.53. The van der Waals surface area contributed by atoms with Crippen molar-refractivity contribution in [3.63, 3.8) is 0 Å². The minimum Gasteiger partial charge on any atom is -0.353 e. The lowest BCUT2D eigenvalue weighted by molar-refractivity contribution is -0.250. The van der Waals surface area contributed by atoms with E-state index in [9.17, 15) is 18.6 Å². The molecule has 2 aromatic heterocycles. The molecule has 35 heavy (non-hydrogen) atoms. The fraction of sp³-hybridized carbons (Fsp3) is 0.250. The predicted octanol–water partition coefficient (Wildman–Crippen LogP) is 2.73. The van der Waals surface area contributed by atoms with E-state index in [1.807, 2.05) is 42.5 Å². The van der Waals surface area contributed by atoms with Crippen LogP contribution in [0.5, 0.6) is 0 Å². The molecule has 0 amide bonds. The number of hydrogen-bond donors (Lipinski definition) is 3. The SMILES string of the molecule is CS(=O)(=O)c1ccc(-c2cccc3nc(Nc4ccc(CN5CCSCC5(O)O)cc4)nn23)cc1. The van der Waals surface area contributed by atoms with E-state index < -0.39 is 15.7 Å². The van der Waals surface area contributed by atoms with Gasteiger partial charge in [-0.3, -0.25) is 0 Å². The molecular formula is C24H25N5O4S2. The van der Waals surface area contributed by atoms with Gasteiger partial charge in [-0.05, 0) is 42.0 Å². The highest BCUT2D eigenvalue weighted by Crippen LogP contribution is 2.26. The summed E-state index contributed by atoms with van der Waals surface area (Å²) in [6, 6.07) is 20.0. The molecule has 11 heteroatoms. The van der Waals surface area contributed by atoms with Gasteiger partial charge in [-0.1, -0.05) is 30.3 Å². The summed E-state index contributed by atoms with van der Waals surface area (Å²) >= 11 is 1.53. The monoisotopic (exact) mass is 511 g/mol. The summed E-state index contributed by atoms with van der Waals surface area (Å²) in [7, 11) is -3.27. The van der Waals surface area contributed by atoms with E-state index in [0.717, 1.165) is 28.3 Å². The molecule has 3 heterocycles. The van der Waals surface area contributed by atoms with Crippen LogP contribution in [0, 0.1) is 0 Å². The summed E-state index contributed by atoms with van der Waals surface area (Å²) in [6.07, 6.45) is 1.18. The van der Waals surface area contributed by atoms with Crippen LogP contribution in [0.2, 0.25) is 0 Å². The predicted molar refractivity (Wildman–Crippen MR) is 136 cm³/mol. The van der Waals surface area contributed by atoms with E-state index in [2.05, 4.69) is 15.4 Å². The Morgan fingerprint density at radius 3 is 2.49 bits per heavy atom. The second-order valence-corrected chi connectivity index (χ2v) is 11.6. The van der Waals surface area contributed by atoms with E-state index in [1.54, 1.807) is 33.7 Å². The number of rotatable bonds is 6. The molecule has 182 valence electrons. The molecular weight excluding hydrogens is 486 g/mol. The topological polar surface area (TPSA) is 120 Å². The van der Waals surface area contributed by atoms with E-state index in [1.165, 1.54) is 18.0 Å². The average molecular weight is 512 g/mol. The zero-order valence-corrected chi connectivity index (χ0v) is 20.6. The summed E-state index contributed by atoms with van der Waals surface area (Å²) in [5.74, 6) is -0.221. The van der Waals surface area contributed by atoms with Crippen LogP contribution in [0.1, 0.15) is 5.56 Å². The van der Waals surface area contributed by atoms with Crippen molar-refractivity contribution >= 4 is 38.9 Å². The van der Waals surface area contributed by atoms with Gasteiger partial charge >= 0.3 is 0 Å². The molecule has 1 fully saturated rings. The highest BCUT2D eigenvalue weighted by atomic mass is 32.2. The minimum absolute atomic E-state index is 0.265. The largest absolute Gasteiger partial charge is 0.353 e. The average Bonchev–Trinajstić information content (AvgIpc) is 3.23. The summed E-state index contributed by atoms with van der Waals surface area (Å²) in [5, 5.41) is 28.1. The number of aromatic nitrogens is 3. The maximum absolute atomic E-state index is 11.8. The summed E-state index contributed by atoms with van der Waals surface area (Å²) in [4.78, 5) is 6.48. The van der Waals surface area contributed by atoms with Crippen molar-refractivity contribution in [2.45, 2.75) is 17.4 Å². The van der Waals surface area contributed by atoms with Crippen molar-refractivity contribution in [2.24, 2.45) is 0 Å². The van der Waals surface area contributed by atoms with Gasteiger partial charge < -0.3 is 15.5 Å². The van der Waals surface area contributed by atoms with E-state index in [-0.39, 0.29) is 10.6 Å². The van der Waals surface area contributed by atoms with Crippen molar-refractivity contribution < 1.29 is 18.6 Å².